The number of aromatic nitrogens is 2. The molecule has 9 nitrogen and oxygen atoms in total. The van der Waals surface area contributed by atoms with Crippen LogP contribution in [-0.2, 0) is 22.6 Å². The molecule has 5 rings (SSSR count). The van der Waals surface area contributed by atoms with Crippen LogP contribution in [0.25, 0.3) is 11.1 Å². The van der Waals surface area contributed by atoms with Gasteiger partial charge in [0.2, 0.25) is 0 Å². The Labute approximate surface area is 265 Å². The largest absolute Gasteiger partial charge is 0.485 e. The normalized spacial score (nSPS) is 14.3. The average Bonchev–Trinajstić information content (AvgIpc) is 3.08. The van der Waals surface area contributed by atoms with Crippen LogP contribution in [0.5, 0.6) is 5.75 Å². The fourth-order valence-corrected chi connectivity index (χ4v) is 5.42. The van der Waals surface area contributed by atoms with E-state index in [-0.39, 0.29) is 24.7 Å². The van der Waals surface area contributed by atoms with Gasteiger partial charge in [-0.3, -0.25) is 14.4 Å². The number of hydrogen-bond acceptors (Lipinski definition) is 8. The van der Waals surface area contributed by atoms with E-state index in [9.17, 15) is 14.4 Å². The summed E-state index contributed by atoms with van der Waals surface area (Å²) in [5, 5.41) is 2.38. The minimum absolute atomic E-state index is 0.00157. The molecule has 0 spiro atoms. The van der Waals surface area contributed by atoms with Gasteiger partial charge in [0.15, 0.2) is 11.4 Å². The molecule has 0 bridgehead atoms. The third-order valence-corrected chi connectivity index (χ3v) is 7.83. The smallest absolute Gasteiger partial charge is 0.325 e. The average molecular weight is 608 g/mol. The third-order valence-electron chi connectivity index (χ3n) is 7.83. The van der Waals surface area contributed by atoms with Gasteiger partial charge in [-0.15, -0.1) is 0 Å². The minimum Gasteiger partial charge on any atom is -0.485 e. The predicted octanol–water partition coefficient (Wildman–Crippen LogP) is 5.60. The van der Waals surface area contributed by atoms with Gasteiger partial charge in [-0.1, -0.05) is 66.7 Å². The van der Waals surface area contributed by atoms with Crippen LogP contribution in [0.15, 0.2) is 78.9 Å². The highest BCUT2D eigenvalue weighted by atomic mass is 16.5. The van der Waals surface area contributed by atoms with Gasteiger partial charge in [0.1, 0.15) is 25.2 Å². The molecule has 9 heteroatoms. The van der Waals surface area contributed by atoms with E-state index < -0.39 is 18.4 Å². The molecule has 1 unspecified atom stereocenters. The van der Waals surface area contributed by atoms with Gasteiger partial charge < -0.3 is 19.7 Å². The lowest BCUT2D eigenvalue weighted by Crippen LogP contribution is -2.35. The minimum atomic E-state index is -1.59. The first-order chi connectivity index (χ1) is 22.3. The Morgan fingerprint density at radius 3 is 2.29 bits per heavy atom. The number of benzene rings is 3. The standard InChI is InChI=1S/C36H38N4O5/c1-3-44-33(42)22-37-36(43)34-35(45-24-28-7-5-4-6-8-28)25(2)38-32(39-34)21-26-17-19-40(20-18-26)31-15-13-30(14-16-31)29-11-9-27(23-41)10-12-29/h4-16,23,26H,3,17-22,24H2,1-2H3,(H,37,43)/i22D. The zero-order valence-corrected chi connectivity index (χ0v) is 25.6. The van der Waals surface area contributed by atoms with Crippen LogP contribution in [0.1, 0.15) is 59.1 Å². The zero-order chi connectivity index (χ0) is 32.5. The maximum absolute atomic E-state index is 13.3. The number of aldehydes is 1. The van der Waals surface area contributed by atoms with Gasteiger partial charge in [-0.25, -0.2) is 9.97 Å². The van der Waals surface area contributed by atoms with Gasteiger partial charge in [-0.05, 0) is 61.4 Å². The quantitative estimate of drug-likeness (QED) is 0.164. The molecule has 4 aromatic rings. The molecule has 1 aromatic heterocycles. The number of piperidine rings is 1. The Morgan fingerprint density at radius 1 is 0.978 bits per heavy atom. The van der Waals surface area contributed by atoms with E-state index in [4.69, 9.17) is 15.8 Å². The second-order valence-corrected chi connectivity index (χ2v) is 11.0. The summed E-state index contributed by atoms with van der Waals surface area (Å²) in [4.78, 5) is 48.0. The molecule has 3 aromatic carbocycles. The molecule has 1 N–H and O–H groups in total. The third kappa shape index (κ3) is 8.32. The van der Waals surface area contributed by atoms with E-state index in [1.807, 2.05) is 54.6 Å². The molecule has 0 aliphatic carbocycles. The van der Waals surface area contributed by atoms with E-state index in [2.05, 4.69) is 39.5 Å². The second-order valence-electron chi connectivity index (χ2n) is 11.0. The van der Waals surface area contributed by atoms with E-state index >= 15 is 0 Å². The zero-order valence-electron chi connectivity index (χ0n) is 26.6. The molecule has 1 saturated heterocycles. The number of nitrogens with one attached hydrogen (secondary N) is 1. The van der Waals surface area contributed by atoms with Crippen molar-refractivity contribution in [3.05, 3.63) is 107 Å². The number of aryl methyl sites for hydroxylation is 1. The molecule has 232 valence electrons. The van der Waals surface area contributed by atoms with Gasteiger partial charge in [0, 0.05) is 30.8 Å². The summed E-state index contributed by atoms with van der Waals surface area (Å²) >= 11 is 0. The van der Waals surface area contributed by atoms with Crippen LogP contribution in [0.2, 0.25) is 0 Å². The van der Waals surface area contributed by atoms with Crippen molar-refractivity contribution in [1.82, 2.24) is 15.3 Å². The maximum atomic E-state index is 13.3. The monoisotopic (exact) mass is 607 g/mol. The van der Waals surface area contributed by atoms with E-state index in [0.29, 0.717) is 29.4 Å². The Bertz CT molecular complexity index is 1640. The molecule has 45 heavy (non-hydrogen) atoms. The fraction of sp³-hybridized carbons (Fsp3) is 0.306. The van der Waals surface area contributed by atoms with E-state index in [1.165, 1.54) is 0 Å². The molecule has 0 radical (unpaired) electrons. The Kier molecular flexibility index (Phi) is 10.1. The summed E-state index contributed by atoms with van der Waals surface area (Å²) in [6.07, 6.45) is 3.30. The highest BCUT2D eigenvalue weighted by Gasteiger charge is 2.25. The van der Waals surface area contributed by atoms with Crippen molar-refractivity contribution in [3.63, 3.8) is 0 Å². The number of rotatable bonds is 12. The maximum Gasteiger partial charge on any atom is 0.325 e. The number of esters is 1. The van der Waals surface area contributed by atoms with Gasteiger partial charge in [-0.2, -0.15) is 0 Å². The number of amides is 1. The molecular formula is C36H38N4O5. The first kappa shape index (κ1) is 30.0. The molecule has 0 saturated carbocycles. The number of carbonyl (C=O) groups excluding carboxylic acids is 3. The number of nitrogens with zero attached hydrogens (tertiary/aromatic N) is 3. The second kappa shape index (κ2) is 15.1. The van der Waals surface area contributed by atoms with Crippen molar-refractivity contribution in [2.24, 2.45) is 5.92 Å². The topological polar surface area (TPSA) is 111 Å². The Morgan fingerprint density at radius 2 is 1.64 bits per heavy atom. The van der Waals surface area contributed by atoms with Crippen LogP contribution in [0, 0.1) is 12.8 Å². The summed E-state index contributed by atoms with van der Waals surface area (Å²) in [5.74, 6) is -0.472. The van der Waals surface area contributed by atoms with Crippen LogP contribution >= 0.6 is 0 Å². The lowest BCUT2D eigenvalue weighted by molar-refractivity contribution is -0.141. The Hall–Kier alpha value is -5.05. The number of carbonyl (C=O) groups is 3. The SMILES string of the molecule is [2H]C(NC(=O)c1nc(CC2CCN(c3ccc(-c4ccc(C=O)cc4)cc3)CC2)nc(C)c1OCc1ccccc1)C(=O)OCC. The van der Waals surface area contributed by atoms with Gasteiger partial charge in [0.25, 0.3) is 5.91 Å². The molecule has 1 amide bonds. The van der Waals surface area contributed by atoms with Crippen molar-refractivity contribution in [2.75, 3.05) is 31.1 Å². The van der Waals surface area contributed by atoms with Gasteiger partial charge in [0.05, 0.1) is 13.7 Å². The van der Waals surface area contributed by atoms with Crippen molar-refractivity contribution >= 4 is 23.9 Å². The number of hydrogen-bond donors (Lipinski definition) is 1. The van der Waals surface area contributed by atoms with Gasteiger partial charge >= 0.3 is 5.97 Å². The Balaban J connectivity index is 1.25. The van der Waals surface area contributed by atoms with E-state index in [1.54, 1.807) is 13.8 Å². The first-order valence-electron chi connectivity index (χ1n) is 15.8. The molecular weight excluding hydrogens is 568 g/mol. The summed E-state index contributed by atoms with van der Waals surface area (Å²) < 4.78 is 18.9. The number of anilines is 1. The van der Waals surface area contributed by atoms with E-state index in [0.717, 1.165) is 54.6 Å². The molecule has 1 fully saturated rings. The van der Waals surface area contributed by atoms with Crippen molar-refractivity contribution < 1.29 is 25.2 Å². The lowest BCUT2D eigenvalue weighted by atomic mass is 9.92. The van der Waals surface area contributed by atoms with Crippen LogP contribution in [0.4, 0.5) is 5.69 Å². The molecule has 1 aliphatic rings. The molecule has 1 aliphatic heterocycles. The highest BCUT2D eigenvalue weighted by molar-refractivity contribution is 5.96. The van der Waals surface area contributed by atoms with Crippen LogP contribution < -0.4 is 15.0 Å². The van der Waals surface area contributed by atoms with Crippen LogP contribution in [0.3, 0.4) is 0 Å². The number of ether oxygens (including phenoxy) is 2. The summed E-state index contributed by atoms with van der Waals surface area (Å²) in [6, 6.07) is 25.6. The predicted molar refractivity (Wildman–Crippen MR) is 172 cm³/mol. The molecule has 1 atom stereocenters. The van der Waals surface area contributed by atoms with Crippen LogP contribution in [-0.4, -0.2) is 54.3 Å². The van der Waals surface area contributed by atoms with Crippen molar-refractivity contribution in [2.45, 2.75) is 39.7 Å². The summed E-state index contributed by atoms with van der Waals surface area (Å²) in [7, 11) is 0. The summed E-state index contributed by atoms with van der Waals surface area (Å²) in [5.41, 5.74) is 5.40. The van der Waals surface area contributed by atoms with Crippen molar-refractivity contribution in [3.8, 4) is 16.9 Å². The lowest BCUT2D eigenvalue weighted by Gasteiger charge is -2.33. The van der Waals surface area contributed by atoms with Crippen molar-refractivity contribution in [1.29, 1.82) is 0 Å². The first-order valence-corrected chi connectivity index (χ1v) is 15.2. The molecule has 2 heterocycles. The highest BCUT2D eigenvalue weighted by Crippen LogP contribution is 2.29. The summed E-state index contributed by atoms with van der Waals surface area (Å²) in [6.45, 7) is 3.89. The fourth-order valence-electron chi connectivity index (χ4n) is 5.42.